The number of fused-ring (bicyclic) bond motifs is 6. The van der Waals surface area contributed by atoms with Crippen molar-refractivity contribution in [3.8, 4) is 0 Å². The van der Waals surface area contributed by atoms with Crippen molar-refractivity contribution in [3.63, 3.8) is 0 Å². The highest BCUT2D eigenvalue weighted by atomic mass is 32.1. The number of hydrogen-bond acceptors (Lipinski definition) is 35. The van der Waals surface area contributed by atoms with Gasteiger partial charge in [-0.3, -0.25) is 88.6 Å². The molecular weight excluding hydrogens is 1970 g/mol. The lowest BCUT2D eigenvalue weighted by Crippen LogP contribution is -2.40. The second-order valence-corrected chi connectivity index (χ2v) is 41.5. The Hall–Kier alpha value is -14.4. The fourth-order valence-electron chi connectivity index (χ4n) is 15.1. The van der Waals surface area contributed by atoms with E-state index in [0.717, 1.165) is 45.5 Å². The predicted octanol–water partition coefficient (Wildman–Crippen LogP) is 1.30. The zero-order valence-corrected chi connectivity index (χ0v) is 86.4. The summed E-state index contributed by atoms with van der Waals surface area (Å²) in [5.74, 6) is 0.308. The summed E-state index contributed by atoms with van der Waals surface area (Å²) in [4.78, 5) is 198. The Morgan fingerprint density at radius 2 is 0.743 bits per heavy atom. The molecule has 0 saturated carbocycles. The molecule has 0 saturated heterocycles. The van der Waals surface area contributed by atoms with Crippen LogP contribution in [-0.2, 0) is 158 Å². The molecule has 1 unspecified atom stereocenters. The topological polar surface area (TPSA) is 582 Å². The maximum atomic E-state index is 12.9. The van der Waals surface area contributed by atoms with Gasteiger partial charge in [0.1, 0.15) is 53.7 Å². The Morgan fingerprint density at radius 3 is 1.08 bits per heavy atom. The number of imidazole rings is 6. The lowest BCUT2D eigenvalue weighted by atomic mass is 10.0. The third-order valence-corrected chi connectivity index (χ3v) is 28.7. The highest BCUT2D eigenvalue weighted by molar-refractivity contribution is 7.12. The van der Waals surface area contributed by atoms with Gasteiger partial charge in [0.05, 0.1) is 100 Å². The van der Waals surface area contributed by atoms with Gasteiger partial charge in [0, 0.05) is 130 Å². The smallest absolute Gasteiger partial charge is 0.384 e. The molecule has 0 aromatic carbocycles. The van der Waals surface area contributed by atoms with E-state index in [1.807, 2.05) is 13.8 Å². The fourth-order valence-corrected chi connectivity index (χ4v) is 18.8. The first-order valence-electron chi connectivity index (χ1n) is 43.9. The molecule has 18 rings (SSSR count). The Morgan fingerprint density at radius 1 is 0.389 bits per heavy atom. The van der Waals surface area contributed by atoms with Gasteiger partial charge >= 0.3 is 40.3 Å². The molecule has 0 spiro atoms. The molecule has 768 valence electrons. The van der Waals surface area contributed by atoms with Crippen LogP contribution in [0.15, 0.2) is 134 Å². The molecule has 18 heterocycles. The van der Waals surface area contributed by atoms with E-state index in [4.69, 9.17) is 4.52 Å². The molecule has 17 aromatic heterocycles. The summed E-state index contributed by atoms with van der Waals surface area (Å²) in [5, 5.41) is 66.4. The Balaban J connectivity index is 0.000000145. The van der Waals surface area contributed by atoms with Crippen molar-refractivity contribution in [1.29, 1.82) is 0 Å². The van der Waals surface area contributed by atoms with Crippen molar-refractivity contribution in [1.82, 2.24) is 137 Å². The summed E-state index contributed by atoms with van der Waals surface area (Å²) >= 11 is 4.65. The van der Waals surface area contributed by atoms with E-state index in [-0.39, 0.29) is 72.1 Å². The van der Waals surface area contributed by atoms with Crippen molar-refractivity contribution < 1.29 is 48.3 Å². The molecular formula is C88H107F3N30O19S4. The van der Waals surface area contributed by atoms with Crippen molar-refractivity contribution in [3.05, 3.63) is 255 Å². The van der Waals surface area contributed by atoms with E-state index in [2.05, 4.69) is 60.0 Å². The molecule has 1 atom stereocenters. The standard InChI is InChI=1S/C16H21N5O3S.C15H19N5O3S.C15H19N5O3.C14H14F3N5O3S.C14H17N5O4.C14H17N5O3S/c1-9-10(25-14(18-9)16(2,3)24)6-7-21-13(22)11-12(17-8-19(11)4)20(5)15(21)23;1-8-9(17-13(24-8)15(2,3)23)6-20-12(21)10-11(16-7-18(10)4)19(5)14(20)22;1-15(2,23)10-5-9(6-16-10)7-20-13(21)11-12(17-8-18(11)3)19(4)14(20)22;1-13(25,14(15,16)17)11-18-4-7(26-11)5-22-10(23)8-9(19-6-20(8)2)21(3)12(22)24;1-14(2,22)9-5-8(23-16-9)6-19-12(20)10-11(15-7-17(10)3)18(4)13(19)21;1-14(2,22)12-16-8(6-23-12)5-19-11(20)9-10(15-7-17(9)3)18(4)13(19)21/h8,24H,6-7H2,1-5H3;7,23H,6H2,1-5H3;5,8,23H,6-7H2,1-4H3;4,6,25H,5H2,1-3H3;5,7,22H,6H2,1-4H3;6-7,22H,5H2,1-4H3. The minimum absolute atomic E-state index is 0.0548. The van der Waals surface area contributed by atoms with E-state index >= 15 is 0 Å². The number of hydrogen-bond donors (Lipinski definition) is 6. The summed E-state index contributed by atoms with van der Waals surface area (Å²) < 4.78 is 67.9. The van der Waals surface area contributed by atoms with Crippen molar-refractivity contribution in [2.24, 2.45) is 89.6 Å². The molecule has 49 nitrogen and oxygen atoms in total. The third-order valence-electron chi connectivity index (χ3n) is 23.4. The van der Waals surface area contributed by atoms with Crippen LogP contribution in [0.1, 0.15) is 139 Å². The maximum absolute atomic E-state index is 12.9. The van der Waals surface area contributed by atoms with Gasteiger partial charge in [0.15, 0.2) is 72.7 Å². The maximum Gasteiger partial charge on any atom is 0.423 e. The number of aryl methyl sites for hydroxylation is 15. The van der Waals surface area contributed by atoms with E-state index in [0.29, 0.717) is 131 Å². The van der Waals surface area contributed by atoms with Gasteiger partial charge < -0.3 is 62.6 Å². The SMILES string of the molecule is Cc1nc(C(C)(C)O)sc1CCn1c(=O)c2c(ncn2C)n(C)c1=O.Cc1sc(C(C)(C)O)nc1Cn1c(=O)c2c(ncn2C)n(C)c1=O.Cn1cnc2c1c(=O)n(CC1=CC(C(C)(C)O)=NC1)c(=O)n2C.Cn1cnc2c1c(=O)n(Cc1cc(C(C)(C)O)no1)c(=O)n2C.Cn1cnc2c1c(=O)n(Cc1cnc(C(C)(O)C(F)(F)F)s1)c(=O)n2C.Cn1cnc2c1c(=O)n(Cc1csc(C(C)(C)O)n1)c(=O)n2C. The molecule has 144 heavy (non-hydrogen) atoms. The largest absolute Gasteiger partial charge is 0.423 e. The van der Waals surface area contributed by atoms with Gasteiger partial charge in [-0.25, -0.2) is 78.6 Å². The van der Waals surface area contributed by atoms with Crippen LogP contribution in [0, 0.1) is 13.8 Å². The van der Waals surface area contributed by atoms with E-state index in [1.165, 1.54) is 126 Å². The first-order valence-corrected chi connectivity index (χ1v) is 47.2. The molecule has 6 N–H and O–H groups in total. The molecule has 0 fully saturated rings. The molecule has 17 aromatic rings. The molecule has 0 aliphatic carbocycles. The second-order valence-electron chi connectivity index (χ2n) is 37.3. The summed E-state index contributed by atoms with van der Waals surface area (Å²) in [6, 6.07) is 1.53. The predicted molar refractivity (Wildman–Crippen MR) is 529 cm³/mol. The number of aromatic nitrogens is 29. The number of nitrogens with zero attached hydrogens (tertiary/aromatic N) is 30. The van der Waals surface area contributed by atoms with Crippen LogP contribution in [0.4, 0.5) is 13.2 Å². The van der Waals surface area contributed by atoms with Crippen LogP contribution in [0.2, 0.25) is 0 Å². The average Bonchev–Trinajstić information content (AvgIpc) is 1.60. The number of rotatable bonds is 19. The first kappa shape index (κ1) is 107. The highest BCUT2D eigenvalue weighted by Crippen LogP contribution is 2.40. The minimum atomic E-state index is -4.90. The van der Waals surface area contributed by atoms with Gasteiger partial charge in [-0.05, 0) is 102 Å². The number of thiazole rings is 4. The molecule has 0 bridgehead atoms. The summed E-state index contributed by atoms with van der Waals surface area (Å²) in [6.07, 6.45) is 7.39. The zero-order valence-electron chi connectivity index (χ0n) is 83.1. The molecule has 0 amide bonds. The van der Waals surface area contributed by atoms with Crippen LogP contribution in [0.3, 0.4) is 0 Å². The first-order chi connectivity index (χ1) is 66.8. The van der Waals surface area contributed by atoms with Crippen molar-refractivity contribution >= 4 is 118 Å². The van der Waals surface area contributed by atoms with Crippen LogP contribution in [0.25, 0.3) is 67.0 Å². The van der Waals surface area contributed by atoms with Crippen molar-refractivity contribution in [2.45, 2.75) is 175 Å². The van der Waals surface area contributed by atoms with Crippen LogP contribution in [0.5, 0.6) is 0 Å². The Kier molecular flexibility index (Phi) is 29.2. The number of aliphatic imine (C=N–C) groups is 1. The lowest BCUT2D eigenvalue weighted by Gasteiger charge is -2.23. The van der Waals surface area contributed by atoms with Crippen LogP contribution in [-0.4, -0.2) is 192 Å². The summed E-state index contributed by atoms with van der Waals surface area (Å²) in [7, 11) is 19.5. The van der Waals surface area contributed by atoms with Gasteiger partial charge in [-0.15, -0.1) is 45.3 Å². The Bertz CT molecular complexity index is 8630. The molecule has 0 radical (unpaired) electrons. The summed E-state index contributed by atoms with van der Waals surface area (Å²) in [6.45, 7) is 21.3. The van der Waals surface area contributed by atoms with E-state index < -0.39 is 95.5 Å². The van der Waals surface area contributed by atoms with Gasteiger partial charge in [-0.1, -0.05) is 5.16 Å². The van der Waals surface area contributed by atoms with E-state index in [1.54, 1.807) is 181 Å². The van der Waals surface area contributed by atoms with Crippen molar-refractivity contribution in [2.75, 3.05) is 6.54 Å². The highest BCUT2D eigenvalue weighted by Gasteiger charge is 2.53. The van der Waals surface area contributed by atoms with Gasteiger partial charge in [-0.2, -0.15) is 13.2 Å². The number of alkyl halides is 3. The molecule has 1 aliphatic rings. The third kappa shape index (κ3) is 20.8. The van der Waals surface area contributed by atoms with Gasteiger partial charge in [0.25, 0.3) is 33.4 Å². The quantitative estimate of drug-likeness (QED) is 0.0664. The summed E-state index contributed by atoms with van der Waals surface area (Å²) in [5.41, 5.74) is -6.13. The number of aliphatic hydroxyl groups is 6. The monoisotopic (exact) mass is 2070 g/mol. The normalized spacial score (nSPS) is 13.2. The minimum Gasteiger partial charge on any atom is -0.384 e. The average molecular weight is 2070 g/mol. The van der Waals surface area contributed by atoms with Crippen LogP contribution >= 0.6 is 45.3 Å². The zero-order chi connectivity index (χ0) is 107. The Labute approximate surface area is 826 Å². The lowest BCUT2D eigenvalue weighted by molar-refractivity contribution is -0.258. The molecule has 56 heteroatoms. The fraction of sp³-hybridized carbons (Fsp3) is 0.455. The van der Waals surface area contributed by atoms with E-state index in [9.17, 15) is 101 Å². The van der Waals surface area contributed by atoms with Gasteiger partial charge in [0.2, 0.25) is 5.60 Å². The molecule has 1 aliphatic heterocycles. The number of halogens is 3. The van der Waals surface area contributed by atoms with Crippen LogP contribution < -0.4 is 67.5 Å². The second kappa shape index (κ2) is 39.4.